The molecular weight excluding hydrogens is 208 g/mol. The molecule has 1 unspecified atom stereocenters. The summed E-state index contributed by atoms with van der Waals surface area (Å²) in [5.41, 5.74) is 1.54. The highest BCUT2D eigenvalue weighted by molar-refractivity contribution is 5.76. The maximum absolute atomic E-state index is 11.0. The predicted molar refractivity (Wildman–Crippen MR) is 60.3 cm³/mol. The first-order valence-corrected chi connectivity index (χ1v) is 4.96. The van der Waals surface area contributed by atoms with Gasteiger partial charge in [-0.25, -0.2) is 0 Å². The number of ether oxygens (including phenoxy) is 2. The first-order chi connectivity index (χ1) is 7.51. The highest BCUT2D eigenvalue weighted by Gasteiger charge is 2.19. The molecule has 1 atom stereocenters. The second kappa shape index (κ2) is 4.88. The SMILES string of the molecule is COc1cc(OC)c(C)c(C(C)C(=O)O)c1. The molecule has 1 rings (SSSR count). The van der Waals surface area contributed by atoms with Crippen LogP contribution in [0.4, 0.5) is 0 Å². The summed E-state index contributed by atoms with van der Waals surface area (Å²) in [6.07, 6.45) is 0. The van der Waals surface area contributed by atoms with E-state index in [-0.39, 0.29) is 0 Å². The van der Waals surface area contributed by atoms with Gasteiger partial charge >= 0.3 is 5.97 Å². The number of benzene rings is 1. The molecule has 1 aromatic rings. The van der Waals surface area contributed by atoms with Crippen molar-refractivity contribution >= 4 is 5.97 Å². The van der Waals surface area contributed by atoms with Crippen LogP contribution >= 0.6 is 0 Å². The van der Waals surface area contributed by atoms with Crippen molar-refractivity contribution in [3.8, 4) is 11.5 Å². The Morgan fingerprint density at radius 2 is 1.94 bits per heavy atom. The van der Waals surface area contributed by atoms with E-state index in [1.165, 1.54) is 0 Å². The normalized spacial score (nSPS) is 12.0. The Hall–Kier alpha value is -1.71. The summed E-state index contributed by atoms with van der Waals surface area (Å²) < 4.78 is 10.3. The topological polar surface area (TPSA) is 55.8 Å². The highest BCUT2D eigenvalue weighted by atomic mass is 16.5. The summed E-state index contributed by atoms with van der Waals surface area (Å²) in [5, 5.41) is 9.01. The van der Waals surface area contributed by atoms with E-state index in [9.17, 15) is 4.79 Å². The van der Waals surface area contributed by atoms with E-state index in [4.69, 9.17) is 14.6 Å². The Morgan fingerprint density at radius 1 is 1.31 bits per heavy atom. The lowest BCUT2D eigenvalue weighted by Crippen LogP contribution is -2.09. The van der Waals surface area contributed by atoms with Crippen LogP contribution in [0.5, 0.6) is 11.5 Å². The average molecular weight is 224 g/mol. The van der Waals surface area contributed by atoms with E-state index >= 15 is 0 Å². The molecular formula is C12H16O4. The van der Waals surface area contributed by atoms with Crippen LogP contribution in [0.15, 0.2) is 12.1 Å². The van der Waals surface area contributed by atoms with Crippen LogP contribution in [0.25, 0.3) is 0 Å². The Bertz CT molecular complexity index is 398. The van der Waals surface area contributed by atoms with Crippen LogP contribution in [-0.4, -0.2) is 25.3 Å². The van der Waals surface area contributed by atoms with Gasteiger partial charge in [0.2, 0.25) is 0 Å². The average Bonchev–Trinajstić information content (AvgIpc) is 2.28. The molecule has 0 bridgehead atoms. The molecule has 88 valence electrons. The van der Waals surface area contributed by atoms with E-state index in [1.807, 2.05) is 6.92 Å². The van der Waals surface area contributed by atoms with Crippen molar-refractivity contribution in [1.29, 1.82) is 0 Å². The van der Waals surface area contributed by atoms with Crippen LogP contribution in [0.1, 0.15) is 24.0 Å². The van der Waals surface area contributed by atoms with E-state index in [1.54, 1.807) is 33.3 Å². The summed E-state index contributed by atoms with van der Waals surface area (Å²) in [6, 6.07) is 3.48. The number of hydrogen-bond donors (Lipinski definition) is 1. The Morgan fingerprint density at radius 3 is 2.38 bits per heavy atom. The monoisotopic (exact) mass is 224 g/mol. The van der Waals surface area contributed by atoms with Crippen molar-refractivity contribution < 1.29 is 19.4 Å². The predicted octanol–water partition coefficient (Wildman–Crippen LogP) is 2.20. The molecule has 16 heavy (non-hydrogen) atoms. The fourth-order valence-corrected chi connectivity index (χ4v) is 1.60. The molecule has 0 aliphatic heterocycles. The molecule has 0 spiro atoms. The minimum Gasteiger partial charge on any atom is -0.497 e. The Labute approximate surface area is 94.8 Å². The van der Waals surface area contributed by atoms with Gasteiger partial charge in [-0.1, -0.05) is 0 Å². The Balaban J connectivity index is 3.31. The summed E-state index contributed by atoms with van der Waals surface area (Å²) in [5.74, 6) is -0.199. The van der Waals surface area contributed by atoms with E-state index in [0.29, 0.717) is 17.1 Å². The molecule has 0 radical (unpaired) electrons. The van der Waals surface area contributed by atoms with E-state index < -0.39 is 11.9 Å². The Kier molecular flexibility index (Phi) is 3.77. The second-order valence-corrected chi connectivity index (χ2v) is 3.60. The molecule has 1 aromatic carbocycles. The molecule has 4 nitrogen and oxygen atoms in total. The van der Waals surface area contributed by atoms with Gasteiger partial charge in [-0.2, -0.15) is 0 Å². The molecule has 0 heterocycles. The van der Waals surface area contributed by atoms with Crippen molar-refractivity contribution in [3.05, 3.63) is 23.3 Å². The number of carboxylic acid groups (broad SMARTS) is 1. The van der Waals surface area contributed by atoms with Gasteiger partial charge in [-0.3, -0.25) is 4.79 Å². The molecule has 0 aliphatic carbocycles. The molecule has 0 saturated carbocycles. The van der Waals surface area contributed by atoms with Gasteiger partial charge in [-0.05, 0) is 31.0 Å². The molecule has 0 saturated heterocycles. The zero-order valence-corrected chi connectivity index (χ0v) is 9.90. The first kappa shape index (κ1) is 12.4. The third-order valence-electron chi connectivity index (χ3n) is 2.67. The fourth-order valence-electron chi connectivity index (χ4n) is 1.60. The zero-order valence-electron chi connectivity index (χ0n) is 9.90. The zero-order chi connectivity index (χ0) is 12.3. The second-order valence-electron chi connectivity index (χ2n) is 3.60. The minimum absolute atomic E-state index is 0.580. The maximum Gasteiger partial charge on any atom is 0.310 e. The highest BCUT2D eigenvalue weighted by Crippen LogP contribution is 2.32. The van der Waals surface area contributed by atoms with Gasteiger partial charge < -0.3 is 14.6 Å². The fraction of sp³-hybridized carbons (Fsp3) is 0.417. The summed E-state index contributed by atoms with van der Waals surface area (Å²) >= 11 is 0. The van der Waals surface area contributed by atoms with E-state index in [0.717, 1.165) is 5.56 Å². The van der Waals surface area contributed by atoms with Gasteiger partial charge in [0.1, 0.15) is 11.5 Å². The molecule has 0 aromatic heterocycles. The first-order valence-electron chi connectivity index (χ1n) is 4.96. The van der Waals surface area contributed by atoms with Crippen molar-refractivity contribution in [2.45, 2.75) is 19.8 Å². The van der Waals surface area contributed by atoms with Gasteiger partial charge in [-0.15, -0.1) is 0 Å². The van der Waals surface area contributed by atoms with Crippen LogP contribution in [-0.2, 0) is 4.79 Å². The molecule has 0 fully saturated rings. The smallest absolute Gasteiger partial charge is 0.310 e. The number of carboxylic acids is 1. The van der Waals surface area contributed by atoms with Crippen LogP contribution in [0.2, 0.25) is 0 Å². The van der Waals surface area contributed by atoms with Crippen molar-refractivity contribution in [2.24, 2.45) is 0 Å². The summed E-state index contributed by atoms with van der Waals surface area (Å²) in [4.78, 5) is 11.0. The molecule has 0 amide bonds. The van der Waals surface area contributed by atoms with Crippen LogP contribution in [0.3, 0.4) is 0 Å². The quantitative estimate of drug-likeness (QED) is 0.851. The van der Waals surface area contributed by atoms with Crippen molar-refractivity contribution in [2.75, 3.05) is 14.2 Å². The molecule has 4 heteroatoms. The number of hydrogen-bond acceptors (Lipinski definition) is 3. The number of methoxy groups -OCH3 is 2. The molecule has 0 aliphatic rings. The largest absolute Gasteiger partial charge is 0.497 e. The number of aliphatic carboxylic acids is 1. The van der Waals surface area contributed by atoms with Crippen molar-refractivity contribution in [3.63, 3.8) is 0 Å². The standard InChI is InChI=1S/C12H16O4/c1-7-10(8(2)12(13)14)5-9(15-3)6-11(7)16-4/h5-6,8H,1-4H3,(H,13,14). The van der Waals surface area contributed by atoms with E-state index in [2.05, 4.69) is 0 Å². The van der Waals surface area contributed by atoms with Gasteiger partial charge in [0, 0.05) is 6.07 Å². The summed E-state index contributed by atoms with van der Waals surface area (Å²) in [7, 11) is 3.09. The third-order valence-corrected chi connectivity index (χ3v) is 2.67. The third kappa shape index (κ3) is 2.27. The molecule has 1 N–H and O–H groups in total. The van der Waals surface area contributed by atoms with Crippen LogP contribution in [0, 0.1) is 6.92 Å². The van der Waals surface area contributed by atoms with Gasteiger partial charge in [0.15, 0.2) is 0 Å². The van der Waals surface area contributed by atoms with Gasteiger partial charge in [0.05, 0.1) is 20.1 Å². The lowest BCUT2D eigenvalue weighted by Gasteiger charge is -2.15. The van der Waals surface area contributed by atoms with Gasteiger partial charge in [0.25, 0.3) is 0 Å². The van der Waals surface area contributed by atoms with Crippen molar-refractivity contribution in [1.82, 2.24) is 0 Å². The lowest BCUT2D eigenvalue weighted by atomic mass is 9.95. The van der Waals surface area contributed by atoms with Crippen LogP contribution < -0.4 is 9.47 Å². The maximum atomic E-state index is 11.0. The number of carbonyl (C=O) groups is 1. The number of rotatable bonds is 4. The summed E-state index contributed by atoms with van der Waals surface area (Å²) in [6.45, 7) is 3.48. The lowest BCUT2D eigenvalue weighted by molar-refractivity contribution is -0.138. The minimum atomic E-state index is -0.863.